The molecule has 1 saturated heterocycles. The Labute approximate surface area is 203 Å². The van der Waals surface area contributed by atoms with E-state index in [9.17, 15) is 22.8 Å². The second-order valence-corrected chi connectivity index (χ2v) is 10.3. The fourth-order valence-corrected chi connectivity index (χ4v) is 5.89. The van der Waals surface area contributed by atoms with Crippen LogP contribution in [-0.2, 0) is 35.2 Å². The zero-order valence-electron chi connectivity index (χ0n) is 19.2. The summed E-state index contributed by atoms with van der Waals surface area (Å²) in [6, 6.07) is 6.97. The fraction of sp³-hybridized carbons (Fsp3) is 0.458. The summed E-state index contributed by atoms with van der Waals surface area (Å²) in [7, 11) is 1.56. The van der Waals surface area contributed by atoms with Gasteiger partial charge in [0.1, 0.15) is 0 Å². The number of amides is 1. The molecule has 0 radical (unpaired) electrons. The van der Waals surface area contributed by atoms with E-state index in [2.05, 4.69) is 14.9 Å². The highest BCUT2D eigenvalue weighted by Crippen LogP contribution is 2.36. The van der Waals surface area contributed by atoms with Crippen molar-refractivity contribution in [2.24, 2.45) is 5.41 Å². The van der Waals surface area contributed by atoms with Crippen LogP contribution in [0.25, 0.3) is 10.2 Å². The van der Waals surface area contributed by atoms with Crippen molar-refractivity contribution in [2.75, 3.05) is 33.4 Å². The van der Waals surface area contributed by atoms with Crippen LogP contribution in [0, 0.1) is 5.41 Å². The highest BCUT2D eigenvalue weighted by atomic mass is 32.1. The first kappa shape index (κ1) is 24.0. The number of hydrogen-bond donors (Lipinski definition) is 1. The maximum atomic E-state index is 13.7. The number of carbonyl (C=O) groups is 1. The molecule has 1 N–H and O–H groups in total. The van der Waals surface area contributed by atoms with Crippen LogP contribution < -0.4 is 4.87 Å². The summed E-state index contributed by atoms with van der Waals surface area (Å²) in [5.74, 6) is -0.0949. The molecule has 5 rings (SSSR count). The molecule has 1 amide bonds. The Bertz CT molecular complexity index is 1320. The third-order valence-electron chi connectivity index (χ3n) is 6.85. The van der Waals surface area contributed by atoms with Crippen LogP contribution in [0.1, 0.15) is 28.8 Å². The lowest BCUT2D eigenvalue weighted by Gasteiger charge is -2.36. The summed E-state index contributed by atoms with van der Waals surface area (Å²) in [6.45, 7) is 2.56. The number of pyridine rings is 1. The smallest absolute Gasteiger partial charge is 0.384 e. The highest BCUT2D eigenvalue weighted by Gasteiger charge is 2.47. The molecule has 11 heteroatoms. The van der Waals surface area contributed by atoms with Crippen molar-refractivity contribution in [3.8, 4) is 0 Å². The van der Waals surface area contributed by atoms with Crippen LogP contribution in [0.4, 0.5) is 13.2 Å². The van der Waals surface area contributed by atoms with Crippen LogP contribution in [0.2, 0.25) is 0 Å². The van der Waals surface area contributed by atoms with Crippen LogP contribution in [-0.4, -0.2) is 59.0 Å². The number of methoxy groups -OCH3 is 1. The summed E-state index contributed by atoms with van der Waals surface area (Å²) in [6.07, 6.45) is -2.59. The largest absolute Gasteiger partial charge is 0.417 e. The maximum absolute atomic E-state index is 13.7. The number of ether oxygens (including phenoxy) is 1. The van der Waals surface area contributed by atoms with Gasteiger partial charge in [-0.05, 0) is 42.3 Å². The molecule has 0 aliphatic carbocycles. The Hall–Kier alpha value is -2.76. The Morgan fingerprint density at radius 2 is 2.11 bits per heavy atom. The number of aromatic amines is 1. The Morgan fingerprint density at radius 3 is 2.89 bits per heavy atom. The third kappa shape index (κ3) is 4.72. The molecule has 1 atom stereocenters. The van der Waals surface area contributed by atoms with Crippen molar-refractivity contribution in [3.05, 3.63) is 62.5 Å². The predicted octanol–water partition coefficient (Wildman–Crippen LogP) is 3.43. The number of nitrogens with zero attached hydrogens (tertiary/aromatic N) is 3. The molecule has 1 fully saturated rings. The molecule has 7 nitrogen and oxygen atoms in total. The van der Waals surface area contributed by atoms with Crippen LogP contribution in [0.5, 0.6) is 0 Å². The van der Waals surface area contributed by atoms with E-state index >= 15 is 0 Å². The molecule has 186 valence electrons. The minimum Gasteiger partial charge on any atom is -0.384 e. The van der Waals surface area contributed by atoms with E-state index in [1.54, 1.807) is 12.0 Å². The Kier molecular flexibility index (Phi) is 6.18. The van der Waals surface area contributed by atoms with Gasteiger partial charge in [-0.1, -0.05) is 17.4 Å². The molecule has 0 bridgehead atoms. The van der Waals surface area contributed by atoms with E-state index in [-0.39, 0.29) is 23.9 Å². The number of rotatable bonds is 5. The highest BCUT2D eigenvalue weighted by molar-refractivity contribution is 7.16. The fourth-order valence-electron chi connectivity index (χ4n) is 5.17. The quantitative estimate of drug-likeness (QED) is 0.574. The molecule has 4 heterocycles. The summed E-state index contributed by atoms with van der Waals surface area (Å²) >= 11 is 1.17. The van der Waals surface area contributed by atoms with E-state index in [0.29, 0.717) is 50.3 Å². The molecule has 3 aromatic rings. The summed E-state index contributed by atoms with van der Waals surface area (Å²) in [4.78, 5) is 35.9. The van der Waals surface area contributed by atoms with Gasteiger partial charge in [0.2, 0.25) is 5.91 Å². The number of nitrogens with one attached hydrogen (secondary N) is 1. The zero-order chi connectivity index (χ0) is 24.8. The lowest BCUT2D eigenvalue weighted by Crippen LogP contribution is -2.49. The van der Waals surface area contributed by atoms with Gasteiger partial charge in [0, 0.05) is 51.6 Å². The minimum absolute atomic E-state index is 0.0938. The maximum Gasteiger partial charge on any atom is 0.417 e. The van der Waals surface area contributed by atoms with Crippen molar-refractivity contribution in [1.82, 2.24) is 19.8 Å². The number of likely N-dealkylation sites (tertiary alicyclic amines) is 1. The number of H-pyrrole nitrogens is 1. The van der Waals surface area contributed by atoms with Gasteiger partial charge in [-0.2, -0.15) is 13.2 Å². The van der Waals surface area contributed by atoms with E-state index in [4.69, 9.17) is 4.74 Å². The number of hydrogen-bond acceptors (Lipinski definition) is 6. The average Bonchev–Trinajstić information content (AvgIpc) is 3.40. The Balaban J connectivity index is 1.32. The molecule has 2 aromatic heterocycles. The number of benzene rings is 1. The van der Waals surface area contributed by atoms with Gasteiger partial charge in [-0.15, -0.1) is 0 Å². The molecule has 35 heavy (non-hydrogen) atoms. The summed E-state index contributed by atoms with van der Waals surface area (Å²) < 4.78 is 45.9. The Morgan fingerprint density at radius 1 is 1.29 bits per heavy atom. The minimum atomic E-state index is -4.48. The number of alkyl halides is 3. The zero-order valence-corrected chi connectivity index (χ0v) is 20.0. The second kappa shape index (κ2) is 9.03. The van der Waals surface area contributed by atoms with Gasteiger partial charge in [-0.3, -0.25) is 19.5 Å². The predicted molar refractivity (Wildman–Crippen MR) is 125 cm³/mol. The molecular weight excluding hydrogens is 481 g/mol. The summed E-state index contributed by atoms with van der Waals surface area (Å²) in [5.41, 5.74) is 1.33. The molecular formula is C24H25F3N4O3S. The number of halogens is 3. The van der Waals surface area contributed by atoms with Crippen molar-refractivity contribution in [2.45, 2.75) is 32.1 Å². The number of carbonyl (C=O) groups excluding carboxylic acids is 1. The van der Waals surface area contributed by atoms with Crippen LogP contribution in [0.3, 0.4) is 0 Å². The monoisotopic (exact) mass is 506 g/mol. The molecule has 1 aromatic carbocycles. The topological polar surface area (TPSA) is 78.5 Å². The number of thiazole rings is 1. The van der Waals surface area contributed by atoms with Gasteiger partial charge in [-0.25, -0.2) is 0 Å². The standard InChI is InChI=1S/C24H25F3N4O3S/c1-34-14-23(5-7-30(13-23)11-15-2-3-20-19(8-15)29-22(33)35-20)21(32)31-6-4-18-16(12-31)9-17(10-28-18)24(25,26)27/h2-3,8-10H,4-7,11-14H2,1H3,(H,29,33). The first-order valence-corrected chi connectivity index (χ1v) is 12.2. The van der Waals surface area contributed by atoms with Crippen LogP contribution in [0.15, 0.2) is 35.3 Å². The van der Waals surface area contributed by atoms with Gasteiger partial charge in [0.15, 0.2) is 0 Å². The van der Waals surface area contributed by atoms with Gasteiger partial charge >= 0.3 is 11.0 Å². The first-order valence-electron chi connectivity index (χ1n) is 11.3. The van der Waals surface area contributed by atoms with E-state index in [1.807, 2.05) is 18.2 Å². The average molecular weight is 507 g/mol. The van der Waals surface area contributed by atoms with E-state index in [0.717, 1.165) is 28.0 Å². The molecule has 2 aliphatic heterocycles. The van der Waals surface area contributed by atoms with Gasteiger partial charge < -0.3 is 14.6 Å². The number of fused-ring (bicyclic) bond motifs is 2. The normalized spacial score (nSPS) is 21.0. The first-order chi connectivity index (χ1) is 16.7. The molecule has 2 aliphatic rings. The SMILES string of the molecule is COCC1(C(=O)N2CCc3ncc(C(F)(F)F)cc3C2)CCN(Cc2ccc3sc(=O)[nH]c3c2)C1. The van der Waals surface area contributed by atoms with Gasteiger partial charge in [0.05, 0.1) is 27.8 Å². The van der Waals surface area contributed by atoms with E-state index < -0.39 is 17.2 Å². The van der Waals surface area contributed by atoms with Crippen LogP contribution >= 0.6 is 11.3 Å². The van der Waals surface area contributed by atoms with E-state index in [1.165, 1.54) is 11.3 Å². The molecule has 0 saturated carbocycles. The van der Waals surface area contributed by atoms with Gasteiger partial charge in [0.25, 0.3) is 0 Å². The lowest BCUT2D eigenvalue weighted by molar-refractivity contribution is -0.145. The second-order valence-electron chi connectivity index (χ2n) is 9.32. The molecule has 1 unspecified atom stereocenters. The third-order valence-corrected chi connectivity index (χ3v) is 7.71. The lowest BCUT2D eigenvalue weighted by atomic mass is 9.85. The van der Waals surface area contributed by atoms with Crippen molar-refractivity contribution < 1.29 is 22.7 Å². The summed E-state index contributed by atoms with van der Waals surface area (Å²) in [5, 5.41) is 0. The molecule has 0 spiro atoms. The van der Waals surface area contributed by atoms with Crippen molar-refractivity contribution >= 4 is 27.5 Å². The number of aromatic nitrogens is 2. The van der Waals surface area contributed by atoms with Crippen molar-refractivity contribution in [3.63, 3.8) is 0 Å². The van der Waals surface area contributed by atoms with Crippen molar-refractivity contribution in [1.29, 1.82) is 0 Å².